The van der Waals surface area contributed by atoms with Gasteiger partial charge >= 0.3 is 6.03 Å². The fourth-order valence-electron chi connectivity index (χ4n) is 1.55. The van der Waals surface area contributed by atoms with Crippen LogP contribution >= 0.6 is 23.1 Å². The van der Waals surface area contributed by atoms with Gasteiger partial charge in [0.1, 0.15) is 5.76 Å². The highest BCUT2D eigenvalue weighted by atomic mass is 32.2. The molecule has 130 valence electrons. The van der Waals surface area contributed by atoms with E-state index in [1.54, 1.807) is 12.1 Å². The molecule has 0 aliphatic rings. The van der Waals surface area contributed by atoms with E-state index >= 15 is 0 Å². The minimum absolute atomic E-state index is 0.0817. The van der Waals surface area contributed by atoms with Crippen LogP contribution in [0.4, 0.5) is 9.93 Å². The topological polar surface area (TPSA) is 109 Å². The van der Waals surface area contributed by atoms with Gasteiger partial charge in [0, 0.05) is 5.54 Å². The number of urea groups is 1. The Morgan fingerprint density at radius 2 is 2.12 bits per heavy atom. The molecule has 0 spiro atoms. The van der Waals surface area contributed by atoms with E-state index in [1.165, 1.54) is 29.4 Å². The maximum absolute atomic E-state index is 11.7. The molecule has 0 saturated carbocycles. The standard InChI is InChI=1S/C14H19N5O3S2/c1-14(2,3)17-12-18-19-13(24-12)23-8-10(20)16-11(21)15-7-9-5-4-6-22-9/h4-6H,7-8H2,1-3H3,(H,17,18)(H2,15,16,20,21). The van der Waals surface area contributed by atoms with Crippen molar-refractivity contribution in [2.45, 2.75) is 37.2 Å². The number of imide groups is 1. The summed E-state index contributed by atoms with van der Waals surface area (Å²) in [6.45, 7) is 6.29. The van der Waals surface area contributed by atoms with Crippen LogP contribution in [0, 0.1) is 0 Å². The summed E-state index contributed by atoms with van der Waals surface area (Å²) >= 11 is 2.59. The van der Waals surface area contributed by atoms with Crippen molar-refractivity contribution in [1.82, 2.24) is 20.8 Å². The van der Waals surface area contributed by atoms with Crippen LogP contribution in [0.2, 0.25) is 0 Å². The van der Waals surface area contributed by atoms with Crippen molar-refractivity contribution >= 4 is 40.2 Å². The Hall–Kier alpha value is -2.07. The number of anilines is 1. The van der Waals surface area contributed by atoms with Gasteiger partial charge in [0.05, 0.1) is 18.6 Å². The third kappa shape index (κ3) is 6.59. The molecule has 0 aliphatic carbocycles. The molecule has 3 N–H and O–H groups in total. The average molecular weight is 369 g/mol. The molecule has 24 heavy (non-hydrogen) atoms. The van der Waals surface area contributed by atoms with Crippen LogP contribution in [-0.2, 0) is 11.3 Å². The summed E-state index contributed by atoms with van der Waals surface area (Å²) < 4.78 is 5.74. The van der Waals surface area contributed by atoms with Crippen molar-refractivity contribution in [3.05, 3.63) is 24.2 Å². The summed E-state index contributed by atoms with van der Waals surface area (Å²) in [6, 6.07) is 2.89. The van der Waals surface area contributed by atoms with E-state index in [1.807, 2.05) is 20.8 Å². The summed E-state index contributed by atoms with van der Waals surface area (Å²) in [5.74, 6) is 0.287. The van der Waals surface area contributed by atoms with Crippen molar-refractivity contribution in [2.75, 3.05) is 11.1 Å². The van der Waals surface area contributed by atoms with Crippen LogP contribution in [-0.4, -0.2) is 33.4 Å². The van der Waals surface area contributed by atoms with E-state index in [2.05, 4.69) is 26.1 Å². The molecule has 3 amide bonds. The molecular weight excluding hydrogens is 350 g/mol. The molecule has 0 aromatic carbocycles. The summed E-state index contributed by atoms with van der Waals surface area (Å²) in [6.07, 6.45) is 1.52. The van der Waals surface area contributed by atoms with Crippen molar-refractivity contribution in [1.29, 1.82) is 0 Å². The zero-order chi connectivity index (χ0) is 17.6. The Bertz CT molecular complexity index is 679. The minimum Gasteiger partial charge on any atom is -0.467 e. The lowest BCUT2D eigenvalue weighted by Crippen LogP contribution is -2.39. The molecule has 0 fully saturated rings. The zero-order valence-electron chi connectivity index (χ0n) is 13.6. The number of rotatable bonds is 6. The first-order valence-electron chi connectivity index (χ1n) is 7.16. The maximum Gasteiger partial charge on any atom is 0.321 e. The Morgan fingerprint density at radius 3 is 2.79 bits per heavy atom. The van der Waals surface area contributed by atoms with Gasteiger partial charge in [-0.2, -0.15) is 0 Å². The first-order valence-corrected chi connectivity index (χ1v) is 8.96. The molecule has 2 aromatic rings. The highest BCUT2D eigenvalue weighted by Crippen LogP contribution is 2.26. The predicted molar refractivity (Wildman–Crippen MR) is 93.1 cm³/mol. The molecule has 2 heterocycles. The van der Waals surface area contributed by atoms with Gasteiger partial charge in [-0.3, -0.25) is 10.1 Å². The number of furan rings is 1. The number of aromatic nitrogens is 2. The van der Waals surface area contributed by atoms with Gasteiger partial charge in [0.2, 0.25) is 11.0 Å². The van der Waals surface area contributed by atoms with E-state index in [0.717, 1.165) is 0 Å². The number of amides is 3. The lowest BCUT2D eigenvalue weighted by molar-refractivity contribution is -0.117. The highest BCUT2D eigenvalue weighted by Gasteiger charge is 2.14. The summed E-state index contributed by atoms with van der Waals surface area (Å²) in [5, 5.41) is 16.7. The van der Waals surface area contributed by atoms with E-state index < -0.39 is 11.9 Å². The van der Waals surface area contributed by atoms with Crippen LogP contribution in [0.5, 0.6) is 0 Å². The number of carbonyl (C=O) groups excluding carboxylic acids is 2. The predicted octanol–water partition coefficient (Wildman–Crippen LogP) is 2.46. The molecule has 0 unspecified atom stereocenters. The first-order chi connectivity index (χ1) is 11.3. The third-order valence-corrected chi connectivity index (χ3v) is 4.44. The lowest BCUT2D eigenvalue weighted by Gasteiger charge is -2.18. The zero-order valence-corrected chi connectivity index (χ0v) is 15.2. The van der Waals surface area contributed by atoms with Gasteiger partial charge < -0.3 is 15.1 Å². The maximum atomic E-state index is 11.7. The Labute approximate surface area is 147 Å². The van der Waals surface area contributed by atoms with E-state index in [9.17, 15) is 9.59 Å². The first kappa shape index (κ1) is 18.3. The largest absolute Gasteiger partial charge is 0.467 e. The lowest BCUT2D eigenvalue weighted by atomic mass is 10.1. The normalized spacial score (nSPS) is 11.1. The van der Waals surface area contributed by atoms with Crippen molar-refractivity contribution in [3.8, 4) is 0 Å². The molecule has 0 aliphatic heterocycles. The van der Waals surface area contributed by atoms with Crippen LogP contribution < -0.4 is 16.0 Å². The molecule has 0 atom stereocenters. The van der Waals surface area contributed by atoms with E-state index in [4.69, 9.17) is 4.42 Å². The molecular formula is C14H19N5O3S2. The molecule has 10 heteroatoms. The smallest absolute Gasteiger partial charge is 0.321 e. The molecule has 0 radical (unpaired) electrons. The molecule has 2 aromatic heterocycles. The van der Waals surface area contributed by atoms with Crippen LogP contribution in [0.1, 0.15) is 26.5 Å². The monoisotopic (exact) mass is 369 g/mol. The second-order valence-electron chi connectivity index (χ2n) is 5.85. The van der Waals surface area contributed by atoms with Gasteiger partial charge in [-0.15, -0.1) is 10.2 Å². The van der Waals surface area contributed by atoms with Crippen molar-refractivity contribution in [3.63, 3.8) is 0 Å². The van der Waals surface area contributed by atoms with Crippen molar-refractivity contribution < 1.29 is 14.0 Å². The van der Waals surface area contributed by atoms with Gasteiger partial charge in [-0.1, -0.05) is 23.1 Å². The second-order valence-corrected chi connectivity index (χ2v) is 8.05. The van der Waals surface area contributed by atoms with Crippen LogP contribution in [0.3, 0.4) is 0 Å². The Morgan fingerprint density at radius 1 is 1.33 bits per heavy atom. The van der Waals surface area contributed by atoms with Crippen LogP contribution in [0.25, 0.3) is 0 Å². The van der Waals surface area contributed by atoms with Gasteiger partial charge in [0.15, 0.2) is 4.34 Å². The molecule has 0 saturated heterocycles. The fraction of sp³-hybridized carbons (Fsp3) is 0.429. The molecule has 2 rings (SSSR count). The average Bonchev–Trinajstić information content (AvgIpc) is 3.13. The number of nitrogens with zero attached hydrogens (tertiary/aromatic N) is 2. The van der Waals surface area contributed by atoms with Crippen LogP contribution in [0.15, 0.2) is 27.2 Å². The van der Waals surface area contributed by atoms with Gasteiger partial charge in [0.25, 0.3) is 0 Å². The highest BCUT2D eigenvalue weighted by molar-refractivity contribution is 8.01. The van der Waals surface area contributed by atoms with E-state index in [-0.39, 0.29) is 17.8 Å². The quantitative estimate of drug-likeness (QED) is 0.671. The SMILES string of the molecule is CC(C)(C)Nc1nnc(SCC(=O)NC(=O)NCc2ccco2)s1. The number of hydrogen-bond acceptors (Lipinski definition) is 8. The minimum atomic E-state index is -0.565. The number of carbonyl (C=O) groups is 2. The number of nitrogens with one attached hydrogen (secondary N) is 3. The van der Waals surface area contributed by atoms with Crippen molar-refractivity contribution in [2.24, 2.45) is 0 Å². The Kier molecular flexibility index (Phi) is 6.21. The summed E-state index contributed by atoms with van der Waals surface area (Å²) in [4.78, 5) is 23.3. The summed E-state index contributed by atoms with van der Waals surface area (Å²) in [5.41, 5.74) is -0.106. The Balaban J connectivity index is 1.70. The molecule has 0 bridgehead atoms. The van der Waals surface area contributed by atoms with Gasteiger partial charge in [-0.25, -0.2) is 4.79 Å². The third-order valence-electron chi connectivity index (χ3n) is 2.47. The van der Waals surface area contributed by atoms with E-state index in [0.29, 0.717) is 15.2 Å². The molecule has 8 nitrogen and oxygen atoms in total. The second kappa shape index (κ2) is 8.15. The summed E-state index contributed by atoms with van der Waals surface area (Å²) in [7, 11) is 0. The number of thioether (sulfide) groups is 1. The fourth-order valence-corrected chi connectivity index (χ4v) is 3.31. The number of hydrogen-bond donors (Lipinski definition) is 3. The van der Waals surface area contributed by atoms with Gasteiger partial charge in [-0.05, 0) is 32.9 Å².